The molecular formula is C20H27F12NO4. The lowest BCUT2D eigenvalue weighted by Crippen LogP contribution is -2.62. The standard InChI is InChI=1S/C15H18F12O4.C5H9N/c1-4-9(2,3)8(28)31-7(5-10(29,12(16,17)18)13(19,20)21)6-11(30,14(22,23)24)15(25,26)27;1-3-5(2)4-6/h7,29-30H,4-6H2,1-3H3;5H,3H2,1-2H3. The molecule has 0 fully saturated rings. The van der Waals surface area contributed by atoms with E-state index in [2.05, 4.69) is 10.8 Å². The highest BCUT2D eigenvalue weighted by Crippen LogP contribution is 2.50. The maximum Gasteiger partial charge on any atom is 0.426 e. The van der Waals surface area contributed by atoms with E-state index in [-0.39, 0.29) is 12.3 Å². The zero-order valence-corrected chi connectivity index (χ0v) is 20.2. The molecule has 2 N–H and O–H groups in total. The predicted octanol–water partition coefficient (Wildman–Crippen LogP) is 6.38. The molecule has 0 aromatic carbocycles. The number of esters is 1. The zero-order valence-electron chi connectivity index (χ0n) is 20.2. The molecule has 0 aliphatic heterocycles. The highest BCUT2D eigenvalue weighted by atomic mass is 19.4. The van der Waals surface area contributed by atoms with E-state index < -0.39 is 66.2 Å². The van der Waals surface area contributed by atoms with Crippen molar-refractivity contribution in [2.75, 3.05) is 0 Å². The van der Waals surface area contributed by atoms with Crippen molar-refractivity contribution in [3.05, 3.63) is 0 Å². The molecule has 0 bridgehead atoms. The summed E-state index contributed by atoms with van der Waals surface area (Å²) in [5.74, 6) is -1.51. The number of carbonyl (C=O) groups excluding carboxylic acids is 1. The number of hydrogen-bond donors (Lipinski definition) is 2. The van der Waals surface area contributed by atoms with E-state index in [0.29, 0.717) is 0 Å². The van der Waals surface area contributed by atoms with Crippen molar-refractivity contribution >= 4 is 5.97 Å². The van der Waals surface area contributed by atoms with Crippen molar-refractivity contribution < 1.29 is 72.4 Å². The van der Waals surface area contributed by atoms with Gasteiger partial charge in [-0.2, -0.15) is 57.9 Å². The third-order valence-electron chi connectivity index (χ3n) is 5.46. The molecule has 0 heterocycles. The van der Waals surface area contributed by atoms with Crippen LogP contribution in [0.3, 0.4) is 0 Å². The largest absolute Gasteiger partial charge is 0.462 e. The molecule has 0 aromatic rings. The van der Waals surface area contributed by atoms with Crippen LogP contribution in [-0.4, -0.2) is 58.2 Å². The average molecular weight is 573 g/mol. The smallest absolute Gasteiger partial charge is 0.426 e. The molecule has 1 unspecified atom stereocenters. The van der Waals surface area contributed by atoms with Crippen LogP contribution in [0.5, 0.6) is 0 Å². The van der Waals surface area contributed by atoms with Gasteiger partial charge in [0.1, 0.15) is 6.10 Å². The van der Waals surface area contributed by atoms with Gasteiger partial charge < -0.3 is 14.9 Å². The van der Waals surface area contributed by atoms with E-state index in [9.17, 15) is 57.5 Å². The quantitative estimate of drug-likeness (QED) is 0.260. The van der Waals surface area contributed by atoms with Crippen molar-refractivity contribution in [1.29, 1.82) is 5.26 Å². The molecule has 0 saturated carbocycles. The number of rotatable bonds is 8. The molecule has 0 spiro atoms. The van der Waals surface area contributed by atoms with E-state index in [4.69, 9.17) is 15.5 Å². The molecule has 220 valence electrons. The fraction of sp³-hybridized carbons (Fsp3) is 0.900. The summed E-state index contributed by atoms with van der Waals surface area (Å²) in [6.45, 7) is 7.16. The third kappa shape index (κ3) is 9.38. The van der Waals surface area contributed by atoms with Gasteiger partial charge in [0.25, 0.3) is 11.2 Å². The molecule has 1 atom stereocenters. The van der Waals surface area contributed by atoms with E-state index >= 15 is 0 Å². The van der Waals surface area contributed by atoms with E-state index in [1.807, 2.05) is 13.8 Å². The van der Waals surface area contributed by atoms with Gasteiger partial charge in [-0.3, -0.25) is 4.79 Å². The minimum Gasteiger partial charge on any atom is -0.462 e. The topological polar surface area (TPSA) is 90.6 Å². The van der Waals surface area contributed by atoms with Crippen LogP contribution in [0.1, 0.15) is 60.3 Å². The lowest BCUT2D eigenvalue weighted by atomic mass is 9.86. The highest BCUT2D eigenvalue weighted by Gasteiger charge is 2.74. The number of halogens is 12. The van der Waals surface area contributed by atoms with Crippen LogP contribution >= 0.6 is 0 Å². The second-order valence-electron chi connectivity index (χ2n) is 8.82. The SMILES string of the molecule is CCC(C)(C)C(=O)OC(CC(O)(C(F)(F)F)C(F)(F)F)CC(O)(C(F)(F)F)C(F)(F)F.CCC(C)C#N. The van der Waals surface area contributed by atoms with Crippen molar-refractivity contribution in [3.63, 3.8) is 0 Å². The first-order valence-electron chi connectivity index (χ1n) is 10.4. The molecule has 37 heavy (non-hydrogen) atoms. The second kappa shape index (κ2) is 12.3. The number of carbonyl (C=O) groups is 1. The van der Waals surface area contributed by atoms with E-state index in [1.165, 1.54) is 6.92 Å². The first kappa shape index (κ1) is 37.2. The van der Waals surface area contributed by atoms with Crippen molar-refractivity contribution in [2.45, 2.75) is 102 Å². The fourth-order valence-electron chi connectivity index (χ4n) is 2.15. The number of nitriles is 1. The van der Waals surface area contributed by atoms with E-state index in [1.54, 1.807) is 0 Å². The van der Waals surface area contributed by atoms with E-state index in [0.717, 1.165) is 20.3 Å². The summed E-state index contributed by atoms with van der Waals surface area (Å²) in [5, 5.41) is 26.4. The Morgan fingerprint density at radius 2 is 1.08 bits per heavy atom. The molecule has 0 aromatic heterocycles. The average Bonchev–Trinajstić information content (AvgIpc) is 2.69. The monoisotopic (exact) mass is 573 g/mol. The Balaban J connectivity index is 0. The Hall–Kier alpha value is -1.96. The van der Waals surface area contributed by atoms with Crippen LogP contribution in [0.2, 0.25) is 0 Å². The minimum absolute atomic E-state index is 0.232. The fourth-order valence-corrected chi connectivity index (χ4v) is 2.15. The Morgan fingerprint density at radius 3 is 1.24 bits per heavy atom. The summed E-state index contributed by atoms with van der Waals surface area (Å²) in [4.78, 5) is 12.0. The summed E-state index contributed by atoms with van der Waals surface area (Å²) in [6.07, 6.45) is -35.3. The first-order valence-corrected chi connectivity index (χ1v) is 10.4. The van der Waals surface area contributed by atoms with Gasteiger partial charge in [0, 0.05) is 18.8 Å². The van der Waals surface area contributed by atoms with Gasteiger partial charge in [0.2, 0.25) is 0 Å². The van der Waals surface area contributed by atoms with Gasteiger partial charge in [-0.15, -0.1) is 0 Å². The van der Waals surface area contributed by atoms with Crippen molar-refractivity contribution in [2.24, 2.45) is 11.3 Å². The number of nitrogens with zero attached hydrogens (tertiary/aromatic N) is 1. The Kier molecular flexibility index (Phi) is 12.3. The van der Waals surface area contributed by atoms with Crippen molar-refractivity contribution in [1.82, 2.24) is 0 Å². The summed E-state index contributed by atoms with van der Waals surface area (Å²) in [7, 11) is 0. The number of ether oxygens (including phenoxy) is 1. The maximum absolute atomic E-state index is 12.9. The predicted molar refractivity (Wildman–Crippen MR) is 102 cm³/mol. The summed E-state index contributed by atoms with van der Waals surface area (Å²) in [6, 6.07) is 2.11. The molecule has 5 nitrogen and oxygen atoms in total. The lowest BCUT2D eigenvalue weighted by molar-refractivity contribution is -0.386. The summed E-state index contributed by atoms with van der Waals surface area (Å²) in [5.41, 5.74) is -13.4. The van der Waals surface area contributed by atoms with Crippen LogP contribution in [0.4, 0.5) is 52.7 Å². The molecule has 0 aliphatic carbocycles. The molecule has 0 rings (SSSR count). The van der Waals surface area contributed by atoms with Crippen LogP contribution in [0.15, 0.2) is 0 Å². The third-order valence-corrected chi connectivity index (χ3v) is 5.46. The van der Waals surface area contributed by atoms with Crippen LogP contribution in [-0.2, 0) is 9.53 Å². The molecule has 17 heteroatoms. The summed E-state index contributed by atoms with van der Waals surface area (Å²) >= 11 is 0. The second-order valence-corrected chi connectivity index (χ2v) is 8.82. The van der Waals surface area contributed by atoms with Gasteiger partial charge in [0.15, 0.2) is 0 Å². The molecule has 0 saturated heterocycles. The van der Waals surface area contributed by atoms with Crippen LogP contribution < -0.4 is 0 Å². The van der Waals surface area contributed by atoms with Gasteiger partial charge in [-0.05, 0) is 33.6 Å². The van der Waals surface area contributed by atoms with Gasteiger partial charge in [0.05, 0.1) is 11.5 Å². The van der Waals surface area contributed by atoms with Gasteiger partial charge in [-0.25, -0.2) is 0 Å². The first-order chi connectivity index (χ1) is 16.1. The molecular weight excluding hydrogens is 546 g/mol. The molecule has 0 amide bonds. The highest BCUT2D eigenvalue weighted by molar-refractivity contribution is 5.76. The Morgan fingerprint density at radius 1 is 0.784 bits per heavy atom. The zero-order chi connectivity index (χ0) is 30.5. The maximum atomic E-state index is 12.9. The van der Waals surface area contributed by atoms with Crippen molar-refractivity contribution in [3.8, 4) is 6.07 Å². The Bertz CT molecular complexity index is 711. The summed E-state index contributed by atoms with van der Waals surface area (Å²) < 4.78 is 159. The number of hydrogen-bond acceptors (Lipinski definition) is 5. The van der Waals surface area contributed by atoms with Gasteiger partial charge in [-0.1, -0.05) is 13.8 Å². The molecule has 0 radical (unpaired) electrons. The Labute approximate surface area is 204 Å². The lowest BCUT2D eigenvalue weighted by Gasteiger charge is -2.39. The number of aliphatic hydroxyl groups is 2. The molecule has 0 aliphatic rings. The van der Waals surface area contributed by atoms with Gasteiger partial charge >= 0.3 is 30.7 Å². The normalized spacial score (nSPS) is 15.0. The van der Waals surface area contributed by atoms with Crippen LogP contribution in [0.25, 0.3) is 0 Å². The minimum atomic E-state index is -6.63. The number of alkyl halides is 12. The van der Waals surface area contributed by atoms with Crippen LogP contribution in [0, 0.1) is 22.7 Å².